The molecule has 0 spiro atoms. The SMILES string of the molecule is CCCCCCCCCC(CC)(CN)CCCC. The Kier molecular flexibility index (Phi) is 12.0. The number of hydrogen-bond donors (Lipinski definition) is 1. The molecule has 0 bridgehead atoms. The van der Waals surface area contributed by atoms with Crippen molar-refractivity contribution in [3.8, 4) is 0 Å². The molecule has 0 aliphatic rings. The van der Waals surface area contributed by atoms with E-state index in [0.717, 1.165) is 6.54 Å². The molecule has 1 nitrogen and oxygen atoms in total. The van der Waals surface area contributed by atoms with Gasteiger partial charge >= 0.3 is 0 Å². The zero-order chi connectivity index (χ0) is 13.7. The third-order valence-corrected chi connectivity index (χ3v) is 4.55. The summed E-state index contributed by atoms with van der Waals surface area (Å²) in [5.41, 5.74) is 6.50. The molecule has 0 aliphatic carbocycles. The summed E-state index contributed by atoms with van der Waals surface area (Å²) in [6.07, 6.45) is 16.5. The molecule has 0 saturated heterocycles. The van der Waals surface area contributed by atoms with Crippen LogP contribution in [0.2, 0.25) is 0 Å². The van der Waals surface area contributed by atoms with Gasteiger partial charge in [0.15, 0.2) is 0 Å². The van der Waals surface area contributed by atoms with E-state index >= 15 is 0 Å². The highest BCUT2D eigenvalue weighted by Gasteiger charge is 2.24. The van der Waals surface area contributed by atoms with Gasteiger partial charge in [-0.05, 0) is 31.2 Å². The van der Waals surface area contributed by atoms with Crippen LogP contribution in [0, 0.1) is 5.41 Å². The van der Waals surface area contributed by atoms with Crippen LogP contribution in [0.15, 0.2) is 0 Å². The minimum atomic E-state index is 0.458. The largest absolute Gasteiger partial charge is 0.330 e. The monoisotopic (exact) mass is 255 g/mol. The van der Waals surface area contributed by atoms with E-state index in [9.17, 15) is 0 Å². The second kappa shape index (κ2) is 12.0. The molecular formula is C17H37N. The van der Waals surface area contributed by atoms with Gasteiger partial charge in [0.05, 0.1) is 0 Å². The topological polar surface area (TPSA) is 26.0 Å². The highest BCUT2D eigenvalue weighted by Crippen LogP contribution is 2.33. The summed E-state index contributed by atoms with van der Waals surface area (Å²) >= 11 is 0. The van der Waals surface area contributed by atoms with Gasteiger partial charge in [-0.1, -0.05) is 78.6 Å². The number of rotatable bonds is 13. The van der Waals surface area contributed by atoms with Crippen molar-refractivity contribution in [1.82, 2.24) is 0 Å². The molecule has 1 heteroatoms. The zero-order valence-electron chi connectivity index (χ0n) is 13.3. The Hall–Kier alpha value is -0.0400. The Morgan fingerprint density at radius 3 is 1.67 bits per heavy atom. The van der Waals surface area contributed by atoms with Crippen molar-refractivity contribution in [2.24, 2.45) is 11.1 Å². The maximum atomic E-state index is 6.04. The fourth-order valence-electron chi connectivity index (χ4n) is 2.84. The van der Waals surface area contributed by atoms with Gasteiger partial charge in [0.2, 0.25) is 0 Å². The van der Waals surface area contributed by atoms with E-state index in [1.807, 2.05) is 0 Å². The summed E-state index contributed by atoms with van der Waals surface area (Å²) in [5, 5.41) is 0. The highest BCUT2D eigenvalue weighted by molar-refractivity contribution is 4.78. The van der Waals surface area contributed by atoms with E-state index < -0.39 is 0 Å². The minimum absolute atomic E-state index is 0.458. The average Bonchev–Trinajstić information content (AvgIpc) is 2.42. The second-order valence-electron chi connectivity index (χ2n) is 6.03. The molecule has 0 aromatic heterocycles. The Balaban J connectivity index is 3.69. The van der Waals surface area contributed by atoms with Crippen LogP contribution >= 0.6 is 0 Å². The van der Waals surface area contributed by atoms with Crippen LogP contribution < -0.4 is 5.73 Å². The van der Waals surface area contributed by atoms with Crippen molar-refractivity contribution in [3.63, 3.8) is 0 Å². The zero-order valence-corrected chi connectivity index (χ0v) is 13.3. The molecule has 0 aromatic rings. The van der Waals surface area contributed by atoms with Gasteiger partial charge in [0.1, 0.15) is 0 Å². The Bertz CT molecular complexity index is 161. The van der Waals surface area contributed by atoms with Gasteiger partial charge in [0, 0.05) is 0 Å². The summed E-state index contributed by atoms with van der Waals surface area (Å²) in [4.78, 5) is 0. The minimum Gasteiger partial charge on any atom is -0.330 e. The fraction of sp³-hybridized carbons (Fsp3) is 1.00. The van der Waals surface area contributed by atoms with Crippen molar-refractivity contribution < 1.29 is 0 Å². The van der Waals surface area contributed by atoms with Crippen molar-refractivity contribution in [1.29, 1.82) is 0 Å². The molecule has 0 aliphatic heterocycles. The Labute approximate surface area is 116 Å². The molecule has 110 valence electrons. The first-order chi connectivity index (χ1) is 8.74. The molecule has 0 radical (unpaired) electrons. The maximum Gasteiger partial charge on any atom is -0.00206 e. The summed E-state index contributed by atoms with van der Waals surface area (Å²) in [6.45, 7) is 7.78. The van der Waals surface area contributed by atoms with Crippen molar-refractivity contribution >= 4 is 0 Å². The maximum absolute atomic E-state index is 6.04. The first-order valence-electron chi connectivity index (χ1n) is 8.44. The van der Waals surface area contributed by atoms with Gasteiger partial charge in [0.25, 0.3) is 0 Å². The van der Waals surface area contributed by atoms with E-state index in [2.05, 4.69) is 20.8 Å². The molecule has 0 aromatic carbocycles. The van der Waals surface area contributed by atoms with E-state index in [1.165, 1.54) is 77.0 Å². The van der Waals surface area contributed by atoms with E-state index in [4.69, 9.17) is 5.73 Å². The third kappa shape index (κ3) is 8.13. The summed E-state index contributed by atoms with van der Waals surface area (Å²) < 4.78 is 0. The molecule has 1 atom stereocenters. The highest BCUT2D eigenvalue weighted by atomic mass is 14.6. The van der Waals surface area contributed by atoms with Crippen LogP contribution in [0.4, 0.5) is 0 Å². The predicted octanol–water partition coefficient (Wildman–Crippen LogP) is 5.67. The molecular weight excluding hydrogens is 218 g/mol. The molecule has 0 fully saturated rings. The lowest BCUT2D eigenvalue weighted by molar-refractivity contribution is 0.223. The summed E-state index contributed by atoms with van der Waals surface area (Å²) in [7, 11) is 0. The molecule has 18 heavy (non-hydrogen) atoms. The Morgan fingerprint density at radius 2 is 1.17 bits per heavy atom. The van der Waals surface area contributed by atoms with E-state index in [1.54, 1.807) is 0 Å². The number of hydrogen-bond acceptors (Lipinski definition) is 1. The van der Waals surface area contributed by atoms with Crippen LogP contribution in [-0.4, -0.2) is 6.54 Å². The first kappa shape index (κ1) is 18.0. The molecule has 2 N–H and O–H groups in total. The van der Waals surface area contributed by atoms with Crippen LogP contribution in [0.25, 0.3) is 0 Å². The van der Waals surface area contributed by atoms with Gasteiger partial charge in [-0.3, -0.25) is 0 Å². The standard InChI is InChI=1S/C17H37N/c1-4-7-9-10-11-12-13-15-17(6-3,16-18)14-8-5-2/h4-16,18H2,1-3H3. The van der Waals surface area contributed by atoms with Gasteiger partial charge < -0.3 is 5.73 Å². The molecule has 0 heterocycles. The third-order valence-electron chi connectivity index (χ3n) is 4.55. The van der Waals surface area contributed by atoms with Crippen molar-refractivity contribution in [2.45, 2.75) is 97.8 Å². The summed E-state index contributed by atoms with van der Waals surface area (Å²) in [6, 6.07) is 0. The van der Waals surface area contributed by atoms with Crippen molar-refractivity contribution in [3.05, 3.63) is 0 Å². The lowest BCUT2D eigenvalue weighted by Gasteiger charge is -2.31. The van der Waals surface area contributed by atoms with Crippen LogP contribution in [0.3, 0.4) is 0 Å². The van der Waals surface area contributed by atoms with Gasteiger partial charge in [-0.15, -0.1) is 0 Å². The van der Waals surface area contributed by atoms with Crippen LogP contribution in [0.5, 0.6) is 0 Å². The quantitative estimate of drug-likeness (QED) is 0.421. The fourth-order valence-corrected chi connectivity index (χ4v) is 2.84. The molecule has 1 unspecified atom stereocenters. The second-order valence-corrected chi connectivity index (χ2v) is 6.03. The lowest BCUT2D eigenvalue weighted by Crippen LogP contribution is -2.29. The van der Waals surface area contributed by atoms with Crippen LogP contribution in [0.1, 0.15) is 97.8 Å². The smallest absolute Gasteiger partial charge is 0.00206 e. The number of unbranched alkanes of at least 4 members (excludes halogenated alkanes) is 7. The predicted molar refractivity (Wildman–Crippen MR) is 83.9 cm³/mol. The normalized spacial score (nSPS) is 14.7. The summed E-state index contributed by atoms with van der Waals surface area (Å²) in [5.74, 6) is 0. The van der Waals surface area contributed by atoms with Crippen LogP contribution in [-0.2, 0) is 0 Å². The Morgan fingerprint density at radius 1 is 0.667 bits per heavy atom. The molecule has 0 rings (SSSR count). The molecule has 0 amide bonds. The van der Waals surface area contributed by atoms with Gasteiger partial charge in [-0.25, -0.2) is 0 Å². The molecule has 0 saturated carbocycles. The lowest BCUT2D eigenvalue weighted by atomic mass is 9.76. The average molecular weight is 255 g/mol. The van der Waals surface area contributed by atoms with E-state index in [-0.39, 0.29) is 0 Å². The number of nitrogens with two attached hydrogens (primary N) is 1. The van der Waals surface area contributed by atoms with Crippen molar-refractivity contribution in [2.75, 3.05) is 6.54 Å². The first-order valence-corrected chi connectivity index (χ1v) is 8.44. The van der Waals surface area contributed by atoms with Gasteiger partial charge in [-0.2, -0.15) is 0 Å². The van der Waals surface area contributed by atoms with E-state index in [0.29, 0.717) is 5.41 Å².